The molecule has 23 heavy (non-hydrogen) atoms. The molecule has 0 N–H and O–H groups in total. The molecule has 122 valence electrons. The van der Waals surface area contributed by atoms with Crippen molar-refractivity contribution in [3.63, 3.8) is 0 Å². The molecule has 2 aromatic rings. The van der Waals surface area contributed by atoms with Gasteiger partial charge in [0.05, 0.1) is 13.2 Å². The van der Waals surface area contributed by atoms with Gasteiger partial charge < -0.3 is 9.64 Å². The van der Waals surface area contributed by atoms with E-state index in [0.29, 0.717) is 6.42 Å². The second-order valence-corrected chi connectivity index (χ2v) is 6.91. The molecule has 0 bridgehead atoms. The monoisotopic (exact) mass is 329 g/mol. The van der Waals surface area contributed by atoms with Crippen LogP contribution in [0.4, 0.5) is 0 Å². The minimum atomic E-state index is 0.253. The number of nitrogens with zero attached hydrogens (tertiary/aromatic N) is 1. The first kappa shape index (κ1) is 16.1. The van der Waals surface area contributed by atoms with E-state index in [4.69, 9.17) is 4.74 Å². The number of aryl methyl sites for hydroxylation is 1. The Kier molecular flexibility index (Phi) is 5.01. The van der Waals surface area contributed by atoms with E-state index in [9.17, 15) is 4.79 Å². The van der Waals surface area contributed by atoms with Gasteiger partial charge >= 0.3 is 0 Å². The van der Waals surface area contributed by atoms with Crippen LogP contribution in [-0.4, -0.2) is 24.5 Å². The van der Waals surface area contributed by atoms with Gasteiger partial charge in [0.15, 0.2) is 0 Å². The number of amides is 1. The third-order valence-electron chi connectivity index (χ3n) is 4.56. The summed E-state index contributed by atoms with van der Waals surface area (Å²) < 4.78 is 5.25. The van der Waals surface area contributed by atoms with E-state index in [1.54, 1.807) is 7.11 Å². The summed E-state index contributed by atoms with van der Waals surface area (Å²) >= 11 is 1.82. The average Bonchev–Trinajstić information content (AvgIpc) is 3.07. The number of methoxy groups -OCH3 is 1. The summed E-state index contributed by atoms with van der Waals surface area (Å²) in [5, 5.41) is 2.15. The van der Waals surface area contributed by atoms with Crippen LogP contribution < -0.4 is 4.74 Å². The van der Waals surface area contributed by atoms with Crippen LogP contribution in [-0.2, 0) is 17.6 Å². The molecule has 1 aromatic heterocycles. The largest absolute Gasteiger partial charge is 0.497 e. The Morgan fingerprint density at radius 3 is 3.04 bits per heavy atom. The molecule has 3 nitrogen and oxygen atoms in total. The first-order chi connectivity index (χ1) is 11.2. The van der Waals surface area contributed by atoms with Crippen molar-refractivity contribution < 1.29 is 9.53 Å². The summed E-state index contributed by atoms with van der Waals surface area (Å²) in [7, 11) is 1.67. The van der Waals surface area contributed by atoms with Crippen LogP contribution in [0.25, 0.3) is 0 Å². The number of fused-ring (bicyclic) bond motifs is 1. The molecule has 1 amide bonds. The molecule has 1 aromatic carbocycles. The lowest BCUT2D eigenvalue weighted by Crippen LogP contribution is -2.39. The predicted octanol–water partition coefficient (Wildman–Crippen LogP) is 4.23. The van der Waals surface area contributed by atoms with Crippen molar-refractivity contribution in [1.29, 1.82) is 0 Å². The number of carbonyl (C=O) groups excluding carboxylic acids is 1. The molecule has 4 heteroatoms. The number of ether oxygens (including phenoxy) is 1. The van der Waals surface area contributed by atoms with Gasteiger partial charge in [0.2, 0.25) is 5.91 Å². The lowest BCUT2D eigenvalue weighted by atomic mass is 9.97. The van der Waals surface area contributed by atoms with Crippen molar-refractivity contribution in [1.82, 2.24) is 4.90 Å². The number of benzene rings is 1. The molecule has 1 atom stereocenters. The smallest absolute Gasteiger partial charge is 0.223 e. The summed E-state index contributed by atoms with van der Waals surface area (Å²) in [5.74, 6) is 1.11. The van der Waals surface area contributed by atoms with Gasteiger partial charge in [-0.05, 0) is 54.0 Å². The highest BCUT2D eigenvalue weighted by Crippen LogP contribution is 2.35. The Balaban J connectivity index is 1.66. The maximum absolute atomic E-state index is 12.7. The van der Waals surface area contributed by atoms with E-state index in [0.717, 1.165) is 37.1 Å². The topological polar surface area (TPSA) is 29.5 Å². The van der Waals surface area contributed by atoms with Crippen molar-refractivity contribution in [2.45, 2.75) is 38.6 Å². The number of hydrogen-bond acceptors (Lipinski definition) is 3. The van der Waals surface area contributed by atoms with Crippen LogP contribution in [0.15, 0.2) is 35.7 Å². The number of hydrogen-bond donors (Lipinski definition) is 0. The molecule has 0 fully saturated rings. The molecule has 1 aliphatic rings. The first-order valence-corrected chi connectivity index (χ1v) is 9.09. The summed E-state index contributed by atoms with van der Waals surface area (Å²) in [4.78, 5) is 16.3. The minimum absolute atomic E-state index is 0.253. The maximum Gasteiger partial charge on any atom is 0.223 e. The van der Waals surface area contributed by atoms with Crippen molar-refractivity contribution >= 4 is 17.2 Å². The molecule has 3 rings (SSSR count). The lowest BCUT2D eigenvalue weighted by molar-refractivity contribution is -0.134. The number of rotatable bonds is 5. The summed E-state index contributed by atoms with van der Waals surface area (Å²) in [5.41, 5.74) is 2.51. The average molecular weight is 329 g/mol. The zero-order chi connectivity index (χ0) is 16.2. The molecule has 2 heterocycles. The lowest BCUT2D eigenvalue weighted by Gasteiger charge is -2.35. The fraction of sp³-hybridized carbons (Fsp3) is 0.421. The molecule has 1 unspecified atom stereocenters. The number of thiophene rings is 1. The minimum Gasteiger partial charge on any atom is -0.497 e. The van der Waals surface area contributed by atoms with Gasteiger partial charge in [-0.2, -0.15) is 0 Å². The zero-order valence-electron chi connectivity index (χ0n) is 13.7. The molecular weight excluding hydrogens is 306 g/mol. The van der Waals surface area contributed by atoms with Gasteiger partial charge in [-0.15, -0.1) is 11.3 Å². The highest BCUT2D eigenvalue weighted by Gasteiger charge is 2.29. The van der Waals surface area contributed by atoms with E-state index in [-0.39, 0.29) is 11.9 Å². The van der Waals surface area contributed by atoms with Crippen LogP contribution in [0, 0.1) is 0 Å². The molecule has 1 aliphatic heterocycles. The molecule has 0 saturated heterocycles. The van der Waals surface area contributed by atoms with Crippen LogP contribution in [0.1, 0.15) is 41.8 Å². The van der Waals surface area contributed by atoms with E-state index in [1.165, 1.54) is 10.4 Å². The van der Waals surface area contributed by atoms with Crippen LogP contribution in [0.2, 0.25) is 0 Å². The highest BCUT2D eigenvalue weighted by molar-refractivity contribution is 7.10. The van der Waals surface area contributed by atoms with Gasteiger partial charge in [-0.25, -0.2) is 0 Å². The predicted molar refractivity (Wildman–Crippen MR) is 94.1 cm³/mol. The second-order valence-electron chi connectivity index (χ2n) is 5.91. The third-order valence-corrected chi connectivity index (χ3v) is 5.56. The fourth-order valence-electron chi connectivity index (χ4n) is 3.36. The van der Waals surface area contributed by atoms with Gasteiger partial charge in [0, 0.05) is 17.8 Å². The number of carbonyl (C=O) groups is 1. The Morgan fingerprint density at radius 1 is 1.39 bits per heavy atom. The van der Waals surface area contributed by atoms with Crippen LogP contribution >= 0.6 is 11.3 Å². The molecule has 0 saturated carbocycles. The van der Waals surface area contributed by atoms with Gasteiger partial charge in [-0.1, -0.05) is 19.1 Å². The van der Waals surface area contributed by atoms with Gasteiger partial charge in [0.25, 0.3) is 0 Å². The SMILES string of the molecule is CCC1c2ccsc2CCN1C(=O)CCc1cccc(OC)c1. The first-order valence-electron chi connectivity index (χ1n) is 8.21. The Hall–Kier alpha value is -1.81. The molecular formula is C19H23NO2S. The maximum atomic E-state index is 12.7. The quantitative estimate of drug-likeness (QED) is 0.822. The molecule has 0 spiro atoms. The van der Waals surface area contributed by atoms with Crippen LogP contribution in [0.3, 0.4) is 0 Å². The van der Waals surface area contributed by atoms with Crippen LogP contribution in [0.5, 0.6) is 5.75 Å². The fourth-order valence-corrected chi connectivity index (χ4v) is 4.29. The zero-order valence-corrected chi connectivity index (χ0v) is 14.6. The summed E-state index contributed by atoms with van der Waals surface area (Å²) in [6.07, 6.45) is 3.30. The Labute approximate surface area is 141 Å². The summed E-state index contributed by atoms with van der Waals surface area (Å²) in [6.45, 7) is 3.02. The standard InChI is InChI=1S/C19H23NO2S/c1-3-17-16-10-12-23-18(16)9-11-20(17)19(21)8-7-14-5-4-6-15(13-14)22-2/h4-6,10,12-13,17H,3,7-9,11H2,1-2H3. The van der Waals surface area contributed by atoms with E-state index in [1.807, 2.05) is 29.5 Å². The molecule has 0 aliphatic carbocycles. The van der Waals surface area contributed by atoms with Gasteiger partial charge in [-0.3, -0.25) is 4.79 Å². The Bertz CT molecular complexity index is 680. The van der Waals surface area contributed by atoms with Crippen molar-refractivity contribution in [2.24, 2.45) is 0 Å². The Morgan fingerprint density at radius 2 is 2.26 bits per heavy atom. The summed E-state index contributed by atoms with van der Waals surface area (Å²) in [6, 6.07) is 10.4. The van der Waals surface area contributed by atoms with Crippen molar-refractivity contribution in [3.8, 4) is 5.75 Å². The highest BCUT2D eigenvalue weighted by atomic mass is 32.1. The van der Waals surface area contributed by atoms with E-state index in [2.05, 4.69) is 29.3 Å². The van der Waals surface area contributed by atoms with Crippen molar-refractivity contribution in [2.75, 3.05) is 13.7 Å². The third kappa shape index (κ3) is 3.42. The molecule has 0 radical (unpaired) electrons. The van der Waals surface area contributed by atoms with E-state index < -0.39 is 0 Å². The van der Waals surface area contributed by atoms with E-state index >= 15 is 0 Å². The second kappa shape index (κ2) is 7.18. The normalized spacial score (nSPS) is 17.0. The van der Waals surface area contributed by atoms with Crippen molar-refractivity contribution in [3.05, 3.63) is 51.7 Å². The van der Waals surface area contributed by atoms with Gasteiger partial charge in [0.1, 0.15) is 5.75 Å².